The van der Waals surface area contributed by atoms with Crippen LogP contribution >= 0.6 is 25.3 Å². The van der Waals surface area contributed by atoms with E-state index in [2.05, 4.69) is 83.3 Å². The molecule has 0 heterocycles. The van der Waals surface area contributed by atoms with E-state index in [9.17, 15) is 0 Å². The first-order valence-electron chi connectivity index (χ1n) is 4.81. The van der Waals surface area contributed by atoms with E-state index < -0.39 is 0 Å². The molecule has 0 saturated carbocycles. The molecular formula is C12H12S2Se2. The minimum absolute atomic E-state index is 0.965. The molecule has 84 valence electrons. The van der Waals surface area contributed by atoms with Gasteiger partial charge in [-0.15, -0.1) is 0 Å². The molecule has 0 amide bonds. The normalized spacial score (nSPS) is 25.6. The van der Waals surface area contributed by atoms with Gasteiger partial charge in [0.25, 0.3) is 0 Å². The van der Waals surface area contributed by atoms with Gasteiger partial charge in [0.2, 0.25) is 0 Å². The molecule has 0 radical (unpaired) electrons. The minimum atomic E-state index is 0.965. The van der Waals surface area contributed by atoms with Gasteiger partial charge in [-0.1, -0.05) is 0 Å². The Morgan fingerprint density at radius 2 is 1.56 bits per heavy atom. The van der Waals surface area contributed by atoms with E-state index in [1.807, 2.05) is 0 Å². The molecule has 0 saturated heterocycles. The molecule has 2 aliphatic rings. The van der Waals surface area contributed by atoms with Crippen molar-refractivity contribution in [1.29, 1.82) is 0 Å². The second-order valence-electron chi connectivity index (χ2n) is 3.82. The van der Waals surface area contributed by atoms with Crippen molar-refractivity contribution in [3.8, 4) is 0 Å². The van der Waals surface area contributed by atoms with E-state index in [-0.39, 0.29) is 0 Å². The number of allylic oxidation sites excluding steroid dienone is 8. The molecule has 0 unspecified atom stereocenters. The van der Waals surface area contributed by atoms with E-state index in [1.54, 1.807) is 0 Å². The first kappa shape index (κ1) is 12.9. The Balaban J connectivity index is 2.70. The molecule has 0 aromatic heterocycles. The predicted molar refractivity (Wildman–Crippen MR) is 80.9 cm³/mol. The zero-order valence-electron chi connectivity index (χ0n) is 8.94. The first-order chi connectivity index (χ1) is 7.45. The zero-order valence-corrected chi connectivity index (χ0v) is 14.5. The number of hydrogen-bond donors (Lipinski definition) is 2. The predicted octanol–water partition coefficient (Wildman–Crippen LogP) is 2.29. The summed E-state index contributed by atoms with van der Waals surface area (Å²) >= 11 is 14.3. The van der Waals surface area contributed by atoms with Gasteiger partial charge in [0, 0.05) is 0 Å². The molecule has 0 nitrogen and oxygen atoms in total. The summed E-state index contributed by atoms with van der Waals surface area (Å²) in [7, 11) is 0. The van der Waals surface area contributed by atoms with Gasteiger partial charge in [0.1, 0.15) is 0 Å². The Hall–Kier alpha value is 0.439. The van der Waals surface area contributed by atoms with Crippen molar-refractivity contribution in [2.75, 3.05) is 0 Å². The second-order valence-corrected chi connectivity index (χ2v) is 6.60. The van der Waals surface area contributed by atoms with Gasteiger partial charge < -0.3 is 0 Å². The fraction of sp³-hybridized carbons (Fsp3) is 0.167. The summed E-state index contributed by atoms with van der Waals surface area (Å²) in [6, 6.07) is 0. The maximum absolute atomic E-state index is 4.57. The van der Waals surface area contributed by atoms with Crippen LogP contribution in [0.4, 0.5) is 0 Å². The van der Waals surface area contributed by atoms with Crippen LogP contribution in [0.25, 0.3) is 0 Å². The van der Waals surface area contributed by atoms with Crippen LogP contribution in [-0.2, 0) is 0 Å². The van der Waals surface area contributed by atoms with E-state index in [1.165, 1.54) is 26.8 Å². The van der Waals surface area contributed by atoms with Crippen molar-refractivity contribution in [2.45, 2.75) is 13.8 Å². The average Bonchev–Trinajstić information content (AvgIpc) is 2.66. The van der Waals surface area contributed by atoms with Crippen molar-refractivity contribution in [1.82, 2.24) is 0 Å². The van der Waals surface area contributed by atoms with Gasteiger partial charge in [-0.2, -0.15) is 0 Å². The van der Waals surface area contributed by atoms with Gasteiger partial charge in [-0.25, -0.2) is 0 Å². The van der Waals surface area contributed by atoms with Gasteiger partial charge in [0.15, 0.2) is 0 Å². The summed E-state index contributed by atoms with van der Waals surface area (Å²) in [5.41, 5.74) is 5.12. The number of hydrogen-bond acceptors (Lipinski definition) is 2. The van der Waals surface area contributed by atoms with E-state index in [0.29, 0.717) is 0 Å². The number of rotatable bonds is 0. The van der Waals surface area contributed by atoms with Crippen LogP contribution in [0, 0.1) is 0 Å². The molecule has 2 rings (SSSR count). The summed E-state index contributed by atoms with van der Waals surface area (Å²) in [6.45, 7) is 4.29. The fourth-order valence-corrected chi connectivity index (χ4v) is 4.10. The Morgan fingerprint density at radius 3 is 1.94 bits per heavy atom. The molecule has 0 spiro atoms. The Morgan fingerprint density at radius 1 is 0.938 bits per heavy atom. The van der Waals surface area contributed by atoms with E-state index in [0.717, 1.165) is 14.3 Å². The molecule has 0 aromatic carbocycles. The van der Waals surface area contributed by atoms with Crippen molar-refractivity contribution in [2.24, 2.45) is 0 Å². The fourth-order valence-electron chi connectivity index (χ4n) is 1.77. The molecule has 0 aliphatic heterocycles. The standard InChI is InChI=1S/C12H12S2Se2/c1-5-3-4-7(6(5)2)8-9(13)10(14)12(16)11(8)15/h3-4,13-16H,1-2H3. The molecule has 0 atom stereocenters. The summed E-state index contributed by atoms with van der Waals surface area (Å²) < 4.78 is 2.35. The summed E-state index contributed by atoms with van der Waals surface area (Å²) in [5.74, 6) is 0. The Kier molecular flexibility index (Phi) is 3.71. The second kappa shape index (κ2) is 4.60. The van der Waals surface area contributed by atoms with Crippen LogP contribution in [-0.4, -0.2) is 32.0 Å². The molecule has 16 heavy (non-hydrogen) atoms. The average molecular weight is 378 g/mol. The molecule has 2 aliphatic carbocycles. The van der Waals surface area contributed by atoms with Gasteiger partial charge in [-0.05, 0) is 0 Å². The third kappa shape index (κ3) is 1.86. The molecule has 0 fully saturated rings. The van der Waals surface area contributed by atoms with Crippen LogP contribution in [0.2, 0.25) is 0 Å². The topological polar surface area (TPSA) is 0 Å². The quantitative estimate of drug-likeness (QED) is 0.469. The summed E-state index contributed by atoms with van der Waals surface area (Å²) in [6.07, 6.45) is 4.32. The van der Waals surface area contributed by atoms with Gasteiger partial charge in [-0.3, -0.25) is 0 Å². The molecule has 4 heteroatoms. The summed E-state index contributed by atoms with van der Waals surface area (Å²) in [4.78, 5) is 1.94. The Bertz CT molecular complexity index is 505. The first-order valence-corrected chi connectivity index (χ1v) is 7.58. The summed E-state index contributed by atoms with van der Waals surface area (Å²) in [5, 5.41) is 0. The van der Waals surface area contributed by atoms with Crippen molar-refractivity contribution >= 4 is 57.3 Å². The molecule has 0 N–H and O–H groups in total. The van der Waals surface area contributed by atoms with Crippen molar-refractivity contribution < 1.29 is 0 Å². The van der Waals surface area contributed by atoms with Gasteiger partial charge in [0.05, 0.1) is 0 Å². The van der Waals surface area contributed by atoms with Crippen LogP contribution in [0.5, 0.6) is 0 Å². The maximum atomic E-state index is 4.57. The zero-order chi connectivity index (χ0) is 12.0. The Labute approximate surface area is 123 Å². The van der Waals surface area contributed by atoms with Crippen LogP contribution in [0.3, 0.4) is 0 Å². The van der Waals surface area contributed by atoms with Crippen LogP contribution < -0.4 is 0 Å². The molecule has 0 aromatic rings. The molecule has 0 bridgehead atoms. The van der Waals surface area contributed by atoms with Crippen molar-refractivity contribution in [3.63, 3.8) is 0 Å². The van der Waals surface area contributed by atoms with Gasteiger partial charge >= 0.3 is 124 Å². The van der Waals surface area contributed by atoms with Crippen molar-refractivity contribution in [3.05, 3.63) is 53.2 Å². The SMILES string of the molecule is CC1=C(C)C(=C2C(S)=C(S)C([SeH])=C2[SeH])C=C1. The van der Waals surface area contributed by atoms with E-state index in [4.69, 9.17) is 0 Å². The molecular weight excluding hydrogens is 366 g/mol. The monoisotopic (exact) mass is 380 g/mol. The third-order valence-electron chi connectivity index (χ3n) is 2.91. The van der Waals surface area contributed by atoms with Crippen LogP contribution in [0.1, 0.15) is 13.8 Å². The van der Waals surface area contributed by atoms with Crippen LogP contribution in [0.15, 0.2) is 53.2 Å². The van der Waals surface area contributed by atoms with E-state index >= 15 is 0 Å². The number of thiol groups is 2. The third-order valence-corrected chi connectivity index (χ3v) is 7.07.